The first kappa shape index (κ1) is 10.6. The van der Waals surface area contributed by atoms with Gasteiger partial charge in [0.25, 0.3) is 0 Å². The van der Waals surface area contributed by atoms with Crippen LogP contribution < -0.4 is 0 Å². The van der Waals surface area contributed by atoms with Gasteiger partial charge in [0.1, 0.15) is 6.17 Å². The Kier molecular flexibility index (Phi) is 5.08. The van der Waals surface area contributed by atoms with Crippen molar-refractivity contribution in [2.45, 2.75) is 46.3 Å². The molecule has 0 aliphatic carbocycles. The minimum Gasteiger partial charge on any atom is -0.292 e. The van der Waals surface area contributed by atoms with E-state index in [1.165, 1.54) is 6.21 Å². The molecule has 0 amide bonds. The molecule has 1 nitrogen and oxygen atoms in total. The minimum absolute atomic E-state index is 0.209. The van der Waals surface area contributed by atoms with E-state index in [4.69, 9.17) is 0 Å². The van der Waals surface area contributed by atoms with E-state index in [-0.39, 0.29) is 6.04 Å². The fourth-order valence-corrected chi connectivity index (χ4v) is 0.777. The van der Waals surface area contributed by atoms with Crippen molar-refractivity contribution in [2.75, 3.05) is 0 Å². The summed E-state index contributed by atoms with van der Waals surface area (Å²) in [5.74, 6) is 0.406. The molecule has 0 radical (unpaired) electrons. The molecule has 0 saturated carbocycles. The van der Waals surface area contributed by atoms with Crippen molar-refractivity contribution in [1.29, 1.82) is 0 Å². The van der Waals surface area contributed by atoms with Crippen LogP contribution in [0.3, 0.4) is 0 Å². The summed E-state index contributed by atoms with van der Waals surface area (Å²) in [6.07, 6.45) is 1.14. The summed E-state index contributed by atoms with van der Waals surface area (Å²) in [6, 6.07) is 0.209. The van der Waals surface area contributed by atoms with Crippen LogP contribution in [0.2, 0.25) is 0 Å². The second kappa shape index (κ2) is 5.28. The Labute approximate surface area is 68.7 Å². The second-order valence-electron chi connectivity index (χ2n) is 3.54. The zero-order valence-electron chi connectivity index (χ0n) is 7.84. The second-order valence-corrected chi connectivity index (χ2v) is 3.54. The molecule has 0 fully saturated rings. The molecule has 0 spiro atoms. The number of aliphatic imine (C=N–C) groups is 1. The van der Waals surface area contributed by atoms with Gasteiger partial charge in [-0.1, -0.05) is 13.8 Å². The molecule has 0 aliphatic heterocycles. The maximum absolute atomic E-state index is 12.9. The van der Waals surface area contributed by atoms with Crippen molar-refractivity contribution in [3.63, 3.8) is 0 Å². The van der Waals surface area contributed by atoms with Gasteiger partial charge < -0.3 is 0 Å². The lowest BCUT2D eigenvalue weighted by Crippen LogP contribution is -2.07. The van der Waals surface area contributed by atoms with E-state index in [0.29, 0.717) is 12.3 Å². The molecule has 1 atom stereocenters. The van der Waals surface area contributed by atoms with Gasteiger partial charge in [0, 0.05) is 12.3 Å². The van der Waals surface area contributed by atoms with Gasteiger partial charge in [-0.25, -0.2) is 4.39 Å². The van der Waals surface area contributed by atoms with Crippen LogP contribution in [-0.4, -0.2) is 18.4 Å². The molecular formula is C9H18FN. The number of nitrogens with zero attached hydrogens (tertiary/aromatic N) is 1. The molecule has 0 aromatic carbocycles. The molecule has 0 bridgehead atoms. The maximum Gasteiger partial charge on any atom is 0.135 e. The molecule has 0 unspecified atom stereocenters. The summed E-state index contributed by atoms with van der Waals surface area (Å²) in [5.41, 5.74) is 0. The van der Waals surface area contributed by atoms with E-state index in [2.05, 4.69) is 4.99 Å². The molecule has 2 heteroatoms. The van der Waals surface area contributed by atoms with Gasteiger partial charge in [-0.2, -0.15) is 0 Å². The van der Waals surface area contributed by atoms with Gasteiger partial charge in [0.15, 0.2) is 0 Å². The van der Waals surface area contributed by atoms with Crippen molar-refractivity contribution in [3.05, 3.63) is 0 Å². The smallest absolute Gasteiger partial charge is 0.135 e. The Bertz CT molecular complexity index is 119. The highest BCUT2D eigenvalue weighted by Gasteiger charge is 2.04. The molecule has 0 N–H and O–H groups in total. The van der Waals surface area contributed by atoms with Crippen LogP contribution >= 0.6 is 0 Å². The number of hydrogen-bond donors (Lipinski definition) is 0. The first-order valence-corrected chi connectivity index (χ1v) is 4.19. The van der Waals surface area contributed by atoms with E-state index in [9.17, 15) is 4.39 Å². The lowest BCUT2D eigenvalue weighted by Gasteiger charge is -2.05. The van der Waals surface area contributed by atoms with Gasteiger partial charge in [0.05, 0.1) is 0 Å². The first-order chi connectivity index (χ1) is 5.02. The third-order valence-corrected chi connectivity index (χ3v) is 1.24. The predicted molar refractivity (Wildman–Crippen MR) is 48.0 cm³/mol. The Morgan fingerprint density at radius 3 is 2.18 bits per heavy atom. The molecular weight excluding hydrogens is 141 g/mol. The van der Waals surface area contributed by atoms with Crippen molar-refractivity contribution in [2.24, 2.45) is 10.9 Å². The predicted octanol–water partition coefficient (Wildman–Crippen LogP) is 2.85. The van der Waals surface area contributed by atoms with Gasteiger partial charge in [0.2, 0.25) is 0 Å². The maximum atomic E-state index is 12.9. The van der Waals surface area contributed by atoms with Crippen LogP contribution in [0, 0.1) is 5.92 Å². The SMILES string of the molecule is CC(C)C[C@H](F)C=NC(C)C. The van der Waals surface area contributed by atoms with Gasteiger partial charge >= 0.3 is 0 Å². The Hall–Kier alpha value is -0.400. The van der Waals surface area contributed by atoms with Crippen molar-refractivity contribution < 1.29 is 4.39 Å². The molecule has 0 rings (SSSR count). The van der Waals surface area contributed by atoms with Crippen molar-refractivity contribution in [1.82, 2.24) is 0 Å². The summed E-state index contributed by atoms with van der Waals surface area (Å²) in [4.78, 5) is 3.98. The molecule has 66 valence electrons. The summed E-state index contributed by atoms with van der Waals surface area (Å²) < 4.78 is 12.9. The zero-order chi connectivity index (χ0) is 8.85. The molecule has 0 heterocycles. The highest BCUT2D eigenvalue weighted by Crippen LogP contribution is 2.06. The molecule has 0 aromatic rings. The summed E-state index contributed by atoms with van der Waals surface area (Å²) in [6.45, 7) is 7.91. The minimum atomic E-state index is -0.864. The van der Waals surface area contributed by atoms with Gasteiger partial charge in [-0.15, -0.1) is 0 Å². The lowest BCUT2D eigenvalue weighted by atomic mass is 10.1. The molecule has 0 aromatic heterocycles. The van der Waals surface area contributed by atoms with E-state index >= 15 is 0 Å². The van der Waals surface area contributed by atoms with Crippen LogP contribution in [0.5, 0.6) is 0 Å². The van der Waals surface area contributed by atoms with Crippen LogP contribution in [-0.2, 0) is 0 Å². The first-order valence-electron chi connectivity index (χ1n) is 4.19. The molecule has 0 saturated heterocycles. The van der Waals surface area contributed by atoms with E-state index < -0.39 is 6.17 Å². The molecule has 0 aliphatic rings. The Balaban J connectivity index is 3.59. The van der Waals surface area contributed by atoms with Gasteiger partial charge in [-0.05, 0) is 26.2 Å². The summed E-state index contributed by atoms with van der Waals surface area (Å²) in [7, 11) is 0. The third-order valence-electron chi connectivity index (χ3n) is 1.24. The van der Waals surface area contributed by atoms with E-state index in [1.807, 2.05) is 27.7 Å². The lowest BCUT2D eigenvalue weighted by molar-refractivity contribution is 0.363. The monoisotopic (exact) mass is 159 g/mol. The van der Waals surface area contributed by atoms with Crippen LogP contribution in [0.25, 0.3) is 0 Å². The summed E-state index contributed by atoms with van der Waals surface area (Å²) in [5, 5.41) is 0. The fourth-order valence-electron chi connectivity index (χ4n) is 0.777. The number of hydrogen-bond acceptors (Lipinski definition) is 1. The topological polar surface area (TPSA) is 12.4 Å². The largest absolute Gasteiger partial charge is 0.292 e. The van der Waals surface area contributed by atoms with Crippen LogP contribution in [0.4, 0.5) is 4.39 Å². The van der Waals surface area contributed by atoms with Crippen molar-refractivity contribution in [3.8, 4) is 0 Å². The standard InChI is InChI=1S/C9H18FN/c1-7(2)5-9(10)6-11-8(3)4/h6-9H,5H2,1-4H3/t9-/m0/s1. The Morgan fingerprint density at radius 1 is 1.27 bits per heavy atom. The normalized spacial score (nSPS) is 15.2. The number of halogens is 1. The van der Waals surface area contributed by atoms with E-state index in [1.54, 1.807) is 0 Å². The third kappa shape index (κ3) is 7.50. The van der Waals surface area contributed by atoms with E-state index in [0.717, 1.165) is 0 Å². The average Bonchev–Trinajstić information content (AvgIpc) is 1.82. The zero-order valence-corrected chi connectivity index (χ0v) is 7.84. The van der Waals surface area contributed by atoms with Crippen LogP contribution in [0.1, 0.15) is 34.1 Å². The average molecular weight is 159 g/mol. The highest BCUT2D eigenvalue weighted by atomic mass is 19.1. The van der Waals surface area contributed by atoms with Crippen LogP contribution in [0.15, 0.2) is 4.99 Å². The quantitative estimate of drug-likeness (QED) is 0.559. The highest BCUT2D eigenvalue weighted by molar-refractivity contribution is 5.62. The van der Waals surface area contributed by atoms with Gasteiger partial charge in [-0.3, -0.25) is 4.99 Å². The summed E-state index contributed by atoms with van der Waals surface area (Å²) >= 11 is 0. The Morgan fingerprint density at radius 2 is 1.82 bits per heavy atom. The fraction of sp³-hybridized carbons (Fsp3) is 0.889. The number of alkyl halides is 1. The molecule has 11 heavy (non-hydrogen) atoms. The number of rotatable bonds is 4. The van der Waals surface area contributed by atoms with Crippen molar-refractivity contribution >= 4 is 6.21 Å².